The molecule has 20 heavy (non-hydrogen) atoms. The number of aliphatic hydroxyl groups excluding tert-OH is 1. The molecule has 0 aliphatic carbocycles. The van der Waals surface area contributed by atoms with Crippen LogP contribution in [0, 0.1) is 0 Å². The number of hydrogen-bond acceptors (Lipinski definition) is 3. The summed E-state index contributed by atoms with van der Waals surface area (Å²) in [6.45, 7) is 12.2. The lowest BCUT2D eigenvalue weighted by Gasteiger charge is -2.20. The molecule has 0 spiro atoms. The van der Waals surface area contributed by atoms with Crippen molar-refractivity contribution in [2.45, 2.75) is 59.6 Å². The number of hydrogen-bond donors (Lipinski definition) is 1. The molecular formula is C15H28ClN3O. The Labute approximate surface area is 127 Å². The van der Waals surface area contributed by atoms with Gasteiger partial charge in [-0.05, 0) is 32.9 Å². The molecule has 0 bridgehead atoms. The second kappa shape index (κ2) is 8.65. The van der Waals surface area contributed by atoms with Crippen LogP contribution in [0.1, 0.15) is 45.5 Å². The van der Waals surface area contributed by atoms with Gasteiger partial charge in [0.1, 0.15) is 0 Å². The molecule has 1 aromatic rings. The van der Waals surface area contributed by atoms with E-state index >= 15 is 0 Å². The van der Waals surface area contributed by atoms with Crippen LogP contribution < -0.4 is 0 Å². The van der Waals surface area contributed by atoms with Crippen LogP contribution in [0.25, 0.3) is 0 Å². The summed E-state index contributed by atoms with van der Waals surface area (Å²) in [4.78, 5) is 2.32. The third-order valence-electron chi connectivity index (χ3n) is 3.80. The van der Waals surface area contributed by atoms with Crippen LogP contribution in [0.2, 0.25) is 5.02 Å². The molecule has 1 N–H and O–H groups in total. The third-order valence-corrected chi connectivity index (χ3v) is 4.23. The van der Waals surface area contributed by atoms with Gasteiger partial charge in [-0.3, -0.25) is 4.68 Å². The number of aliphatic hydroxyl groups is 1. The summed E-state index contributed by atoms with van der Waals surface area (Å²) >= 11 is 6.36. The molecule has 1 aromatic heterocycles. The van der Waals surface area contributed by atoms with E-state index in [4.69, 9.17) is 11.6 Å². The SMILES string of the molecule is CCc1nn(CC)c(CC(O)CCN(CC)CC)c1Cl. The Bertz CT molecular complexity index is 402. The van der Waals surface area contributed by atoms with E-state index in [9.17, 15) is 5.11 Å². The van der Waals surface area contributed by atoms with Crippen molar-refractivity contribution >= 4 is 11.6 Å². The maximum absolute atomic E-state index is 10.2. The molecule has 0 aliphatic rings. The van der Waals surface area contributed by atoms with Gasteiger partial charge in [0.05, 0.1) is 22.5 Å². The van der Waals surface area contributed by atoms with Gasteiger partial charge in [-0.2, -0.15) is 5.10 Å². The second-order valence-corrected chi connectivity index (χ2v) is 5.43. The molecule has 0 saturated carbocycles. The van der Waals surface area contributed by atoms with Gasteiger partial charge in [0.25, 0.3) is 0 Å². The van der Waals surface area contributed by atoms with Gasteiger partial charge in [-0.15, -0.1) is 0 Å². The first-order chi connectivity index (χ1) is 9.57. The van der Waals surface area contributed by atoms with E-state index in [0.717, 1.165) is 55.4 Å². The molecular weight excluding hydrogens is 274 g/mol. The topological polar surface area (TPSA) is 41.3 Å². The molecule has 0 fully saturated rings. The molecule has 1 rings (SSSR count). The van der Waals surface area contributed by atoms with E-state index in [1.54, 1.807) is 0 Å². The summed E-state index contributed by atoms with van der Waals surface area (Å²) in [5.41, 5.74) is 1.90. The zero-order chi connectivity index (χ0) is 15.1. The van der Waals surface area contributed by atoms with Crippen LogP contribution in [0.5, 0.6) is 0 Å². The number of aryl methyl sites for hydroxylation is 2. The zero-order valence-corrected chi connectivity index (χ0v) is 13.9. The summed E-state index contributed by atoms with van der Waals surface area (Å²) in [6, 6.07) is 0. The molecule has 0 amide bonds. The minimum atomic E-state index is -0.361. The quantitative estimate of drug-likeness (QED) is 0.762. The largest absolute Gasteiger partial charge is 0.393 e. The molecule has 0 radical (unpaired) electrons. The molecule has 116 valence electrons. The van der Waals surface area contributed by atoms with Gasteiger partial charge in [0.2, 0.25) is 0 Å². The van der Waals surface area contributed by atoms with E-state index in [2.05, 4.69) is 37.7 Å². The van der Waals surface area contributed by atoms with Gasteiger partial charge >= 0.3 is 0 Å². The third kappa shape index (κ3) is 4.47. The van der Waals surface area contributed by atoms with Crippen molar-refractivity contribution in [1.82, 2.24) is 14.7 Å². The van der Waals surface area contributed by atoms with E-state index < -0.39 is 0 Å². The first kappa shape index (κ1) is 17.5. The molecule has 0 aromatic carbocycles. The summed E-state index contributed by atoms with van der Waals surface area (Å²) in [5, 5.41) is 15.5. The van der Waals surface area contributed by atoms with Gasteiger partial charge in [-0.1, -0.05) is 32.4 Å². The standard InChI is InChI=1S/C15H28ClN3O/c1-5-13-15(16)14(19(8-4)17-13)11-12(20)9-10-18(6-2)7-3/h12,20H,5-11H2,1-4H3. The van der Waals surface area contributed by atoms with Gasteiger partial charge < -0.3 is 10.0 Å². The molecule has 0 saturated heterocycles. The highest BCUT2D eigenvalue weighted by atomic mass is 35.5. The summed E-state index contributed by atoms with van der Waals surface area (Å²) in [6.07, 6.45) is 1.82. The Morgan fingerprint density at radius 2 is 1.90 bits per heavy atom. The molecule has 1 heterocycles. The highest BCUT2D eigenvalue weighted by Gasteiger charge is 2.18. The Balaban J connectivity index is 2.65. The first-order valence-corrected chi connectivity index (χ1v) is 8.09. The summed E-state index contributed by atoms with van der Waals surface area (Å²) in [5.74, 6) is 0. The lowest BCUT2D eigenvalue weighted by Crippen LogP contribution is -2.28. The predicted molar refractivity (Wildman–Crippen MR) is 84.4 cm³/mol. The average Bonchev–Trinajstić information content (AvgIpc) is 2.76. The van der Waals surface area contributed by atoms with E-state index in [1.807, 2.05) is 4.68 Å². The average molecular weight is 302 g/mol. The Morgan fingerprint density at radius 1 is 1.25 bits per heavy atom. The van der Waals surface area contributed by atoms with Crippen molar-refractivity contribution in [1.29, 1.82) is 0 Å². The number of rotatable bonds is 9. The molecule has 0 aliphatic heterocycles. The Hall–Kier alpha value is -0.580. The number of halogens is 1. The van der Waals surface area contributed by atoms with Crippen LogP contribution in [0.4, 0.5) is 0 Å². The van der Waals surface area contributed by atoms with Crippen molar-refractivity contribution in [3.05, 3.63) is 16.4 Å². The Kier molecular flexibility index (Phi) is 7.56. The van der Waals surface area contributed by atoms with Crippen LogP contribution in [0.3, 0.4) is 0 Å². The fraction of sp³-hybridized carbons (Fsp3) is 0.800. The lowest BCUT2D eigenvalue weighted by atomic mass is 10.1. The van der Waals surface area contributed by atoms with Gasteiger partial charge in [0, 0.05) is 19.5 Å². The van der Waals surface area contributed by atoms with Gasteiger partial charge in [-0.25, -0.2) is 0 Å². The minimum absolute atomic E-state index is 0.361. The second-order valence-electron chi connectivity index (χ2n) is 5.05. The minimum Gasteiger partial charge on any atom is -0.393 e. The first-order valence-electron chi connectivity index (χ1n) is 7.71. The van der Waals surface area contributed by atoms with E-state index in [-0.39, 0.29) is 6.10 Å². The van der Waals surface area contributed by atoms with Crippen LogP contribution in [0.15, 0.2) is 0 Å². The smallest absolute Gasteiger partial charge is 0.0850 e. The fourth-order valence-corrected chi connectivity index (χ4v) is 2.76. The normalized spacial score (nSPS) is 13.2. The van der Waals surface area contributed by atoms with E-state index in [1.165, 1.54) is 0 Å². The molecule has 5 heteroatoms. The van der Waals surface area contributed by atoms with Crippen LogP contribution in [-0.4, -0.2) is 45.5 Å². The monoisotopic (exact) mass is 301 g/mol. The van der Waals surface area contributed by atoms with Crippen molar-refractivity contribution in [2.75, 3.05) is 19.6 Å². The Morgan fingerprint density at radius 3 is 2.40 bits per heavy atom. The number of nitrogens with zero attached hydrogens (tertiary/aromatic N) is 3. The van der Waals surface area contributed by atoms with Crippen molar-refractivity contribution < 1.29 is 5.11 Å². The summed E-state index contributed by atoms with van der Waals surface area (Å²) in [7, 11) is 0. The lowest BCUT2D eigenvalue weighted by molar-refractivity contribution is 0.141. The van der Waals surface area contributed by atoms with Crippen LogP contribution >= 0.6 is 11.6 Å². The zero-order valence-electron chi connectivity index (χ0n) is 13.2. The molecule has 4 nitrogen and oxygen atoms in total. The molecule has 1 atom stereocenters. The van der Waals surface area contributed by atoms with Crippen molar-refractivity contribution in [3.8, 4) is 0 Å². The predicted octanol–water partition coefficient (Wildman–Crippen LogP) is 2.75. The van der Waals surface area contributed by atoms with E-state index in [0.29, 0.717) is 6.42 Å². The van der Waals surface area contributed by atoms with Crippen molar-refractivity contribution in [2.24, 2.45) is 0 Å². The highest BCUT2D eigenvalue weighted by Crippen LogP contribution is 2.23. The fourth-order valence-electron chi connectivity index (χ4n) is 2.41. The maximum atomic E-state index is 10.2. The number of aromatic nitrogens is 2. The summed E-state index contributed by atoms with van der Waals surface area (Å²) < 4.78 is 1.92. The van der Waals surface area contributed by atoms with Gasteiger partial charge in [0.15, 0.2) is 0 Å². The molecule has 1 unspecified atom stereocenters. The van der Waals surface area contributed by atoms with Crippen molar-refractivity contribution in [3.63, 3.8) is 0 Å². The highest BCUT2D eigenvalue weighted by molar-refractivity contribution is 6.31. The van der Waals surface area contributed by atoms with Crippen LogP contribution in [-0.2, 0) is 19.4 Å². The maximum Gasteiger partial charge on any atom is 0.0850 e.